The predicted molar refractivity (Wildman–Crippen MR) is 104 cm³/mol. The lowest BCUT2D eigenvalue weighted by Crippen LogP contribution is -2.39. The predicted octanol–water partition coefficient (Wildman–Crippen LogP) is 3.22. The molecule has 0 aliphatic rings. The first kappa shape index (κ1) is 22.5. The van der Waals surface area contributed by atoms with Crippen LogP contribution in [0.4, 0.5) is 13.2 Å². The highest BCUT2D eigenvalue weighted by Gasteiger charge is 2.34. The summed E-state index contributed by atoms with van der Waals surface area (Å²) in [5.74, 6) is 1.32. The molecule has 0 aliphatic heterocycles. The van der Waals surface area contributed by atoms with Gasteiger partial charge in [-0.05, 0) is 38.5 Å². The van der Waals surface area contributed by atoms with E-state index in [1.165, 1.54) is 12.4 Å². The first-order valence-corrected chi connectivity index (χ1v) is 9.04. The average Bonchev–Trinajstić information content (AvgIpc) is 2.99. The average molecular weight is 412 g/mol. The van der Waals surface area contributed by atoms with Gasteiger partial charge in [-0.25, -0.2) is 4.98 Å². The number of aryl methyl sites for hydroxylation is 1. The molecule has 0 radical (unpaired) electrons. The SMILES string of the molecule is CN=C(NCc1ccc(OC(C)(C)C)cc1C(F)(F)F)N(C)Cc1ncnn1C. The van der Waals surface area contributed by atoms with Crippen LogP contribution in [-0.4, -0.2) is 45.3 Å². The maximum atomic E-state index is 13.6. The van der Waals surface area contributed by atoms with Crippen LogP contribution in [0.25, 0.3) is 0 Å². The molecule has 2 rings (SSSR count). The van der Waals surface area contributed by atoms with E-state index in [1.807, 2.05) is 0 Å². The van der Waals surface area contributed by atoms with Crippen LogP contribution in [-0.2, 0) is 26.3 Å². The fraction of sp³-hybridized carbons (Fsp3) is 0.526. The van der Waals surface area contributed by atoms with Gasteiger partial charge in [-0.15, -0.1) is 0 Å². The molecule has 0 amide bonds. The topological polar surface area (TPSA) is 67.6 Å². The number of ether oxygens (including phenoxy) is 1. The third-order valence-corrected chi connectivity index (χ3v) is 4.00. The fourth-order valence-corrected chi connectivity index (χ4v) is 2.70. The number of nitrogens with one attached hydrogen (secondary N) is 1. The maximum Gasteiger partial charge on any atom is 0.416 e. The van der Waals surface area contributed by atoms with Crippen molar-refractivity contribution in [3.63, 3.8) is 0 Å². The molecule has 10 heteroatoms. The molecule has 29 heavy (non-hydrogen) atoms. The van der Waals surface area contributed by atoms with Gasteiger partial charge >= 0.3 is 6.18 Å². The molecule has 0 unspecified atom stereocenters. The highest BCUT2D eigenvalue weighted by Crippen LogP contribution is 2.35. The number of aliphatic imine (C=N–C) groups is 1. The van der Waals surface area contributed by atoms with Crippen molar-refractivity contribution in [2.24, 2.45) is 12.0 Å². The summed E-state index contributed by atoms with van der Waals surface area (Å²) in [6, 6.07) is 4.00. The first-order valence-electron chi connectivity index (χ1n) is 9.04. The van der Waals surface area contributed by atoms with E-state index in [4.69, 9.17) is 4.74 Å². The number of rotatable bonds is 5. The monoisotopic (exact) mass is 412 g/mol. The standard InChI is InChI=1S/C19H27F3N6O/c1-18(2,3)29-14-8-7-13(15(9-14)19(20,21)22)10-24-17(23-4)27(5)11-16-25-12-26-28(16)6/h7-9,12H,10-11H2,1-6H3,(H,23,24). The third-order valence-electron chi connectivity index (χ3n) is 4.00. The minimum Gasteiger partial charge on any atom is -0.488 e. The van der Waals surface area contributed by atoms with Crippen molar-refractivity contribution in [1.82, 2.24) is 25.0 Å². The van der Waals surface area contributed by atoms with Gasteiger partial charge in [0.05, 0.1) is 12.1 Å². The Labute approximate surface area is 168 Å². The van der Waals surface area contributed by atoms with E-state index in [1.54, 1.807) is 57.6 Å². The van der Waals surface area contributed by atoms with Gasteiger partial charge in [0.1, 0.15) is 23.5 Å². The van der Waals surface area contributed by atoms with Crippen LogP contribution in [0.15, 0.2) is 29.5 Å². The van der Waals surface area contributed by atoms with E-state index in [-0.39, 0.29) is 17.9 Å². The number of benzene rings is 1. The van der Waals surface area contributed by atoms with E-state index >= 15 is 0 Å². The van der Waals surface area contributed by atoms with Crippen molar-refractivity contribution in [3.8, 4) is 5.75 Å². The number of guanidine groups is 1. The van der Waals surface area contributed by atoms with E-state index < -0.39 is 17.3 Å². The minimum atomic E-state index is -4.50. The van der Waals surface area contributed by atoms with E-state index in [0.717, 1.165) is 6.07 Å². The number of hydrogen-bond donors (Lipinski definition) is 1. The summed E-state index contributed by atoms with van der Waals surface area (Å²) in [5, 5.41) is 6.98. The zero-order valence-electron chi connectivity index (χ0n) is 17.5. The molecule has 0 aliphatic carbocycles. The zero-order valence-corrected chi connectivity index (χ0v) is 17.5. The molecule has 160 valence electrons. The van der Waals surface area contributed by atoms with Crippen molar-refractivity contribution >= 4 is 5.96 Å². The summed E-state index contributed by atoms with van der Waals surface area (Å²) in [6.45, 7) is 5.72. The van der Waals surface area contributed by atoms with Crippen molar-refractivity contribution in [2.45, 2.75) is 45.6 Å². The summed E-state index contributed by atoms with van der Waals surface area (Å²) in [5.41, 5.74) is -1.22. The number of hydrogen-bond acceptors (Lipinski definition) is 4. The van der Waals surface area contributed by atoms with Crippen LogP contribution in [0.1, 0.15) is 37.7 Å². The Balaban J connectivity index is 2.16. The van der Waals surface area contributed by atoms with Crippen LogP contribution < -0.4 is 10.1 Å². The molecule has 1 aromatic carbocycles. The number of halogens is 3. The van der Waals surface area contributed by atoms with Crippen LogP contribution in [0.2, 0.25) is 0 Å². The molecule has 0 atom stereocenters. The maximum absolute atomic E-state index is 13.6. The Kier molecular flexibility index (Phi) is 6.76. The molecule has 1 heterocycles. The zero-order chi connectivity index (χ0) is 21.8. The minimum absolute atomic E-state index is 0.0412. The molecule has 7 nitrogen and oxygen atoms in total. The fourth-order valence-electron chi connectivity index (χ4n) is 2.70. The molecule has 0 bridgehead atoms. The normalized spacial score (nSPS) is 12.8. The van der Waals surface area contributed by atoms with E-state index in [0.29, 0.717) is 18.3 Å². The largest absolute Gasteiger partial charge is 0.488 e. The molecule has 0 saturated heterocycles. The van der Waals surface area contributed by atoms with Crippen LogP contribution in [0.3, 0.4) is 0 Å². The molecule has 1 aromatic heterocycles. The Morgan fingerprint density at radius 1 is 1.28 bits per heavy atom. The Bertz CT molecular complexity index is 854. The van der Waals surface area contributed by atoms with Gasteiger partial charge in [0, 0.05) is 27.7 Å². The van der Waals surface area contributed by atoms with Gasteiger partial charge in [-0.1, -0.05) is 6.07 Å². The number of nitrogens with zero attached hydrogens (tertiary/aromatic N) is 5. The van der Waals surface area contributed by atoms with Gasteiger partial charge in [0.15, 0.2) is 5.96 Å². The highest BCUT2D eigenvalue weighted by atomic mass is 19.4. The van der Waals surface area contributed by atoms with Crippen LogP contribution >= 0.6 is 0 Å². The smallest absolute Gasteiger partial charge is 0.416 e. The van der Waals surface area contributed by atoms with Crippen LogP contribution in [0, 0.1) is 0 Å². The van der Waals surface area contributed by atoms with E-state index in [2.05, 4.69) is 20.4 Å². The second-order valence-corrected chi connectivity index (χ2v) is 7.59. The number of alkyl halides is 3. The molecular formula is C19H27F3N6O. The van der Waals surface area contributed by atoms with E-state index in [9.17, 15) is 13.2 Å². The third kappa shape index (κ3) is 6.37. The summed E-state index contributed by atoms with van der Waals surface area (Å²) < 4.78 is 47.9. The second kappa shape index (κ2) is 8.71. The summed E-state index contributed by atoms with van der Waals surface area (Å²) >= 11 is 0. The molecular weight excluding hydrogens is 385 g/mol. The van der Waals surface area contributed by atoms with Gasteiger partial charge < -0.3 is 15.0 Å². The molecule has 2 aromatic rings. The molecule has 0 fully saturated rings. The van der Waals surface area contributed by atoms with Crippen molar-refractivity contribution in [1.29, 1.82) is 0 Å². The molecule has 0 saturated carbocycles. The Morgan fingerprint density at radius 2 is 1.97 bits per heavy atom. The lowest BCUT2D eigenvalue weighted by Gasteiger charge is -2.24. The Morgan fingerprint density at radius 3 is 2.48 bits per heavy atom. The lowest BCUT2D eigenvalue weighted by atomic mass is 10.1. The molecule has 1 N–H and O–H groups in total. The van der Waals surface area contributed by atoms with Gasteiger partial charge in [-0.2, -0.15) is 18.3 Å². The molecule has 0 spiro atoms. The van der Waals surface area contributed by atoms with Crippen LogP contribution in [0.5, 0.6) is 5.75 Å². The summed E-state index contributed by atoms with van der Waals surface area (Å²) in [6.07, 6.45) is -3.06. The first-order chi connectivity index (χ1) is 13.4. The number of aromatic nitrogens is 3. The second-order valence-electron chi connectivity index (χ2n) is 7.59. The van der Waals surface area contributed by atoms with Gasteiger partial charge in [-0.3, -0.25) is 9.67 Å². The summed E-state index contributed by atoms with van der Waals surface area (Å²) in [7, 11) is 5.11. The highest BCUT2D eigenvalue weighted by molar-refractivity contribution is 5.79. The van der Waals surface area contributed by atoms with Gasteiger partial charge in [0.25, 0.3) is 0 Å². The van der Waals surface area contributed by atoms with Gasteiger partial charge in [0.2, 0.25) is 0 Å². The quantitative estimate of drug-likeness (QED) is 0.603. The van der Waals surface area contributed by atoms with Crippen molar-refractivity contribution in [2.75, 3.05) is 14.1 Å². The Hall–Kier alpha value is -2.78. The lowest BCUT2D eigenvalue weighted by molar-refractivity contribution is -0.138. The van der Waals surface area contributed by atoms with Crippen molar-refractivity contribution < 1.29 is 17.9 Å². The summed E-state index contributed by atoms with van der Waals surface area (Å²) in [4.78, 5) is 10.0. The van der Waals surface area contributed by atoms with Crippen molar-refractivity contribution in [3.05, 3.63) is 41.5 Å².